The summed E-state index contributed by atoms with van der Waals surface area (Å²) in [5.41, 5.74) is 5.57. The van der Waals surface area contributed by atoms with Crippen LogP contribution >= 0.6 is 7.14 Å². The molecule has 0 saturated carbocycles. The molecule has 0 saturated heterocycles. The van der Waals surface area contributed by atoms with Gasteiger partial charge in [0.05, 0.1) is 5.30 Å². The van der Waals surface area contributed by atoms with Gasteiger partial charge in [-0.3, -0.25) is 0 Å². The van der Waals surface area contributed by atoms with Crippen LogP contribution in [-0.2, 0) is 17.7 Å². The van der Waals surface area contributed by atoms with E-state index in [4.69, 9.17) is 0 Å². The highest BCUT2D eigenvalue weighted by molar-refractivity contribution is 7.86. The van der Waals surface area contributed by atoms with Gasteiger partial charge in [0.25, 0.3) is 0 Å². The summed E-state index contributed by atoms with van der Waals surface area (Å²) in [6, 6.07) is 21.3. The van der Waals surface area contributed by atoms with E-state index in [1.165, 1.54) is 12.8 Å². The van der Waals surface area contributed by atoms with E-state index >= 15 is 4.57 Å². The van der Waals surface area contributed by atoms with Crippen LogP contribution in [0.2, 0.25) is 0 Å². The van der Waals surface area contributed by atoms with E-state index in [1.807, 2.05) is 12.1 Å². The summed E-state index contributed by atoms with van der Waals surface area (Å²) in [5, 5.41) is 2.90. The quantitative estimate of drug-likeness (QED) is 0.213. The number of unbranched alkanes of at least 4 members (excludes halogenated alkanes) is 2. The van der Waals surface area contributed by atoms with Gasteiger partial charge in [0.1, 0.15) is 13.1 Å². The zero-order chi connectivity index (χ0) is 24.4. The first-order valence-corrected chi connectivity index (χ1v) is 14.6. The van der Waals surface area contributed by atoms with Crippen molar-refractivity contribution in [1.29, 1.82) is 0 Å². The third kappa shape index (κ3) is 4.28. The lowest BCUT2D eigenvalue weighted by molar-refractivity contribution is -0.697. The molecule has 1 aliphatic heterocycles. The van der Waals surface area contributed by atoms with Gasteiger partial charge in [-0.05, 0) is 35.2 Å². The number of hydrogen-bond acceptors (Lipinski definition) is 1. The van der Waals surface area contributed by atoms with E-state index in [0.29, 0.717) is 0 Å². The van der Waals surface area contributed by atoms with Gasteiger partial charge in [-0.15, -0.1) is 0 Å². The average Bonchev–Trinajstić information content (AvgIpc) is 3.14. The van der Waals surface area contributed by atoms with E-state index in [9.17, 15) is 0 Å². The number of hydrogen-bond donors (Lipinski definition) is 0. The maximum Gasteiger partial charge on any atom is 0.180 e. The molecule has 3 nitrogen and oxygen atoms in total. The van der Waals surface area contributed by atoms with Crippen molar-refractivity contribution in [2.75, 3.05) is 0 Å². The lowest BCUT2D eigenvalue weighted by atomic mass is 10.0. The van der Waals surface area contributed by atoms with Gasteiger partial charge in [0.2, 0.25) is 0 Å². The maximum absolute atomic E-state index is 15.2. The molecular formula is C31H35N2OP+2. The second kappa shape index (κ2) is 9.91. The van der Waals surface area contributed by atoms with Crippen LogP contribution in [0, 0.1) is 6.92 Å². The Balaban J connectivity index is 1.65. The van der Waals surface area contributed by atoms with Gasteiger partial charge >= 0.3 is 0 Å². The number of fused-ring (bicyclic) bond motifs is 3. The fourth-order valence-corrected chi connectivity index (χ4v) is 8.47. The summed E-state index contributed by atoms with van der Waals surface area (Å²) < 4.78 is 19.7. The molecule has 0 amide bonds. The number of benzene rings is 2. The molecule has 0 radical (unpaired) electrons. The smallest absolute Gasteiger partial charge is 0.180 e. The topological polar surface area (TPSA) is 24.8 Å². The zero-order valence-electron chi connectivity index (χ0n) is 21.1. The molecule has 1 atom stereocenters. The molecule has 4 aromatic rings. The van der Waals surface area contributed by atoms with Gasteiger partial charge in [0.15, 0.2) is 31.9 Å². The molecule has 3 heterocycles. The van der Waals surface area contributed by atoms with Crippen molar-refractivity contribution in [3.05, 3.63) is 91.0 Å². The predicted molar refractivity (Wildman–Crippen MR) is 145 cm³/mol. The maximum atomic E-state index is 15.2. The van der Waals surface area contributed by atoms with Crippen LogP contribution in [0.25, 0.3) is 22.3 Å². The van der Waals surface area contributed by atoms with Crippen molar-refractivity contribution in [1.82, 2.24) is 0 Å². The van der Waals surface area contributed by atoms with E-state index in [-0.39, 0.29) is 0 Å². The Morgan fingerprint density at radius 1 is 0.686 bits per heavy atom. The summed E-state index contributed by atoms with van der Waals surface area (Å²) in [7, 11) is -3.00. The van der Waals surface area contributed by atoms with Gasteiger partial charge < -0.3 is 4.57 Å². The average molecular weight is 483 g/mol. The summed E-state index contributed by atoms with van der Waals surface area (Å²) >= 11 is 0. The molecule has 2 aromatic carbocycles. The van der Waals surface area contributed by atoms with Crippen molar-refractivity contribution >= 4 is 23.1 Å². The second-order valence-electron chi connectivity index (χ2n) is 9.64. The molecule has 0 aliphatic carbocycles. The molecule has 5 rings (SSSR count). The summed E-state index contributed by atoms with van der Waals surface area (Å²) in [5.74, 6) is 0. The molecule has 0 N–H and O–H groups in total. The Morgan fingerprint density at radius 2 is 1.34 bits per heavy atom. The lowest BCUT2D eigenvalue weighted by Gasteiger charge is -2.18. The first-order valence-electron chi connectivity index (χ1n) is 12.9. The van der Waals surface area contributed by atoms with E-state index < -0.39 is 7.14 Å². The van der Waals surface area contributed by atoms with Crippen molar-refractivity contribution in [2.45, 2.75) is 59.5 Å². The van der Waals surface area contributed by atoms with Crippen LogP contribution in [0.1, 0.15) is 45.1 Å². The predicted octanol–water partition coefficient (Wildman–Crippen LogP) is 5.46. The number of rotatable bonds is 8. The molecular weight excluding hydrogens is 447 g/mol. The van der Waals surface area contributed by atoms with Crippen molar-refractivity contribution < 1.29 is 13.7 Å². The van der Waals surface area contributed by atoms with Crippen LogP contribution in [0.4, 0.5) is 0 Å². The van der Waals surface area contributed by atoms with Gasteiger partial charge in [-0.1, -0.05) is 63.1 Å². The molecule has 0 fully saturated rings. The summed E-state index contributed by atoms with van der Waals surface area (Å²) in [6.07, 6.45) is 13.2. The summed E-state index contributed by atoms with van der Waals surface area (Å²) in [6.45, 7) is 8.49. The Hall–Kier alpha value is -3.03. The Morgan fingerprint density at radius 3 is 2.06 bits per heavy atom. The van der Waals surface area contributed by atoms with Gasteiger partial charge in [-0.2, -0.15) is 0 Å². The molecule has 4 heteroatoms. The number of aryl methyl sites for hydroxylation is 3. The minimum atomic E-state index is -3.00. The van der Waals surface area contributed by atoms with Gasteiger partial charge in [0, 0.05) is 47.2 Å². The fraction of sp³-hybridized carbons (Fsp3) is 0.290. The Labute approximate surface area is 209 Å². The van der Waals surface area contributed by atoms with Crippen LogP contribution in [0.5, 0.6) is 0 Å². The highest BCUT2D eigenvalue weighted by atomic mass is 31.2. The zero-order valence-corrected chi connectivity index (χ0v) is 22.0. The van der Waals surface area contributed by atoms with Crippen LogP contribution in [0.15, 0.2) is 85.5 Å². The van der Waals surface area contributed by atoms with Crippen molar-refractivity contribution in [2.24, 2.45) is 0 Å². The second-order valence-corrected chi connectivity index (χ2v) is 12.3. The minimum Gasteiger partial charge on any atom is -0.308 e. The highest BCUT2D eigenvalue weighted by Gasteiger charge is 2.43. The Kier molecular flexibility index (Phi) is 6.71. The van der Waals surface area contributed by atoms with E-state index in [1.54, 1.807) is 0 Å². The molecule has 0 bridgehead atoms. The third-order valence-corrected chi connectivity index (χ3v) is 10.4. The SMILES string of the molecule is CCCC[n+]1ccc(-c2ccc3c(c2)P(=O)(c2ccccc2C)c2c[n+](CCCC)ccc2-3)cc1. The fourth-order valence-electron chi connectivity index (χ4n) is 5.13. The first kappa shape index (κ1) is 23.7. The molecule has 35 heavy (non-hydrogen) atoms. The molecule has 2 aromatic heterocycles. The normalized spacial score (nSPS) is 16.2. The number of nitrogens with zero attached hydrogens (tertiary/aromatic N) is 2. The van der Waals surface area contributed by atoms with Gasteiger partial charge in [-0.25, -0.2) is 9.13 Å². The molecule has 1 aliphatic rings. The molecule has 178 valence electrons. The number of pyridine rings is 2. The molecule has 1 unspecified atom stereocenters. The van der Waals surface area contributed by atoms with E-state index in [2.05, 4.69) is 103 Å². The highest BCUT2D eigenvalue weighted by Crippen LogP contribution is 2.52. The lowest BCUT2D eigenvalue weighted by Crippen LogP contribution is -2.37. The summed E-state index contributed by atoms with van der Waals surface area (Å²) in [4.78, 5) is 0. The first-order chi connectivity index (χ1) is 17.1. The van der Waals surface area contributed by atoms with Crippen molar-refractivity contribution in [3.8, 4) is 22.3 Å². The minimum absolute atomic E-state index is 0.946. The van der Waals surface area contributed by atoms with E-state index in [0.717, 1.165) is 69.7 Å². The van der Waals surface area contributed by atoms with Crippen LogP contribution in [0.3, 0.4) is 0 Å². The molecule has 0 spiro atoms. The Bertz CT molecular complexity index is 1410. The van der Waals surface area contributed by atoms with Crippen LogP contribution in [-0.4, -0.2) is 0 Å². The standard InChI is InChI=1S/C31H35N2OP/c1-4-6-17-32-19-14-25(15-20-32)26-12-13-27-28-16-21-33(18-7-5-2)23-31(28)35(34,30(27)22-26)29-11-9-8-10-24(29)3/h8-16,19-23H,4-7,17-18H2,1-3H3/q+2. The number of aromatic nitrogens is 2. The van der Waals surface area contributed by atoms with Crippen molar-refractivity contribution in [3.63, 3.8) is 0 Å². The largest absolute Gasteiger partial charge is 0.308 e. The van der Waals surface area contributed by atoms with Crippen LogP contribution < -0.4 is 25.0 Å². The monoisotopic (exact) mass is 482 g/mol. The third-order valence-electron chi connectivity index (χ3n) is 7.18.